The van der Waals surface area contributed by atoms with E-state index in [1.54, 1.807) is 0 Å². The smallest absolute Gasteiger partial charge is 0.335 e. The number of carbonyl (C=O) groups is 1. The largest absolute Gasteiger partial charge is 0.478 e. The maximum Gasteiger partial charge on any atom is 0.335 e. The van der Waals surface area contributed by atoms with Crippen LogP contribution in [0.25, 0.3) is 0 Å². The van der Waals surface area contributed by atoms with Gasteiger partial charge in [-0.15, -0.1) is 11.8 Å². The van der Waals surface area contributed by atoms with E-state index in [1.165, 1.54) is 6.07 Å². The predicted molar refractivity (Wildman–Crippen MR) is 63.9 cm³/mol. The Kier molecular flexibility index (Phi) is 5.08. The number of nitrogens with zero attached hydrogens (tertiary/aromatic N) is 1. The second-order valence-electron chi connectivity index (χ2n) is 3.39. The number of nitro benzene ring substituents is 1. The number of hydrogen-bond acceptors (Lipinski definition) is 6. The highest BCUT2D eigenvalue weighted by Gasteiger charge is 2.17. The van der Waals surface area contributed by atoms with Gasteiger partial charge in [0.1, 0.15) is 0 Å². The van der Waals surface area contributed by atoms with Crippen LogP contribution in [0.1, 0.15) is 10.4 Å². The molecule has 0 aliphatic carbocycles. The Labute approximate surface area is 106 Å². The minimum absolute atomic E-state index is 0.0421. The lowest BCUT2D eigenvalue weighted by Crippen LogP contribution is -2.14. The molecule has 1 aromatic rings. The summed E-state index contributed by atoms with van der Waals surface area (Å²) in [7, 11) is 0. The molecule has 0 heterocycles. The van der Waals surface area contributed by atoms with Gasteiger partial charge in [0.15, 0.2) is 0 Å². The molecule has 0 spiro atoms. The predicted octanol–water partition coefficient (Wildman–Crippen LogP) is 0.738. The summed E-state index contributed by atoms with van der Waals surface area (Å²) in [6.07, 6.45) is -1.01. The van der Waals surface area contributed by atoms with Gasteiger partial charge in [0, 0.05) is 11.8 Å². The van der Waals surface area contributed by atoms with Crippen molar-refractivity contribution in [2.45, 2.75) is 11.0 Å². The van der Waals surface area contributed by atoms with Gasteiger partial charge in [-0.05, 0) is 12.1 Å². The molecule has 0 bridgehead atoms. The maximum atomic E-state index is 10.8. The number of nitro groups is 1. The highest BCUT2D eigenvalue weighted by atomic mass is 32.2. The van der Waals surface area contributed by atoms with E-state index >= 15 is 0 Å². The molecule has 0 radical (unpaired) electrons. The van der Waals surface area contributed by atoms with Gasteiger partial charge < -0.3 is 15.3 Å². The standard InChI is InChI=1S/C10H11NO6S/c12-4-7(13)5-18-9-3-6(10(14)15)1-2-8(9)11(16)17/h1-3,7,12-13H,4-5H2,(H,14,15). The Morgan fingerprint density at radius 2 is 2.17 bits per heavy atom. The van der Waals surface area contributed by atoms with Gasteiger partial charge in [-0.2, -0.15) is 0 Å². The van der Waals surface area contributed by atoms with Gasteiger partial charge in [0.25, 0.3) is 5.69 Å². The number of benzene rings is 1. The lowest BCUT2D eigenvalue weighted by atomic mass is 10.2. The van der Waals surface area contributed by atoms with Gasteiger partial charge >= 0.3 is 5.97 Å². The van der Waals surface area contributed by atoms with E-state index in [-0.39, 0.29) is 21.9 Å². The molecule has 98 valence electrons. The number of carboxylic acids is 1. The Hall–Kier alpha value is -1.64. The number of thioether (sulfide) groups is 1. The van der Waals surface area contributed by atoms with Crippen molar-refractivity contribution in [3.8, 4) is 0 Å². The van der Waals surface area contributed by atoms with E-state index < -0.39 is 23.6 Å². The number of aromatic carboxylic acids is 1. The fraction of sp³-hybridized carbons (Fsp3) is 0.300. The van der Waals surface area contributed by atoms with Crippen LogP contribution in [-0.2, 0) is 0 Å². The van der Waals surface area contributed by atoms with Crippen molar-refractivity contribution in [3.05, 3.63) is 33.9 Å². The molecule has 3 N–H and O–H groups in total. The van der Waals surface area contributed by atoms with Crippen LogP contribution in [-0.4, -0.2) is 44.7 Å². The van der Waals surface area contributed by atoms with Crippen LogP contribution < -0.4 is 0 Å². The zero-order valence-electron chi connectivity index (χ0n) is 9.15. The molecule has 0 aliphatic rings. The summed E-state index contributed by atoms with van der Waals surface area (Å²) in [6.45, 7) is -0.459. The lowest BCUT2D eigenvalue weighted by Gasteiger charge is -2.07. The van der Waals surface area contributed by atoms with E-state index in [2.05, 4.69) is 0 Å². The van der Waals surface area contributed by atoms with Crippen LogP contribution in [0.5, 0.6) is 0 Å². The van der Waals surface area contributed by atoms with Crippen molar-refractivity contribution in [3.63, 3.8) is 0 Å². The SMILES string of the molecule is O=C(O)c1ccc([N+](=O)[O-])c(SCC(O)CO)c1. The lowest BCUT2D eigenvalue weighted by molar-refractivity contribution is -0.387. The molecule has 7 nitrogen and oxygen atoms in total. The van der Waals surface area contributed by atoms with Gasteiger partial charge in [0.05, 0.1) is 28.1 Å². The Morgan fingerprint density at radius 3 is 2.67 bits per heavy atom. The Bertz CT molecular complexity index is 464. The second kappa shape index (κ2) is 6.34. The molecule has 1 unspecified atom stereocenters. The minimum Gasteiger partial charge on any atom is -0.478 e. The van der Waals surface area contributed by atoms with Crippen LogP contribution in [0, 0.1) is 10.1 Å². The topological polar surface area (TPSA) is 121 Å². The molecular weight excluding hydrogens is 262 g/mol. The number of aliphatic hydroxyl groups is 2. The summed E-state index contributed by atoms with van der Waals surface area (Å²) in [5.74, 6) is -1.14. The fourth-order valence-electron chi connectivity index (χ4n) is 1.15. The highest BCUT2D eigenvalue weighted by Crippen LogP contribution is 2.30. The molecule has 0 aromatic heterocycles. The number of carboxylic acid groups (broad SMARTS) is 1. The van der Waals surface area contributed by atoms with Gasteiger partial charge in [-0.3, -0.25) is 10.1 Å². The van der Waals surface area contributed by atoms with Crippen molar-refractivity contribution in [2.75, 3.05) is 12.4 Å². The Balaban J connectivity index is 3.00. The van der Waals surface area contributed by atoms with Crippen molar-refractivity contribution in [1.82, 2.24) is 0 Å². The normalized spacial score (nSPS) is 12.1. The summed E-state index contributed by atoms with van der Waals surface area (Å²) in [5, 5.41) is 37.4. The average molecular weight is 273 g/mol. The number of rotatable bonds is 6. The quantitative estimate of drug-likeness (QED) is 0.397. The van der Waals surface area contributed by atoms with Crippen LogP contribution in [0.2, 0.25) is 0 Å². The first-order chi connectivity index (χ1) is 8.45. The summed E-state index contributed by atoms with van der Waals surface area (Å²) in [5.41, 5.74) is -0.295. The summed E-state index contributed by atoms with van der Waals surface area (Å²) >= 11 is 0.925. The molecule has 0 fully saturated rings. The minimum atomic E-state index is -1.19. The van der Waals surface area contributed by atoms with E-state index in [0.29, 0.717) is 0 Å². The maximum absolute atomic E-state index is 10.8. The van der Waals surface area contributed by atoms with Crippen LogP contribution in [0.3, 0.4) is 0 Å². The third kappa shape index (κ3) is 3.69. The molecule has 8 heteroatoms. The van der Waals surface area contributed by atoms with E-state index in [9.17, 15) is 20.0 Å². The van der Waals surface area contributed by atoms with Gasteiger partial charge in [0.2, 0.25) is 0 Å². The number of hydrogen-bond donors (Lipinski definition) is 3. The summed E-state index contributed by atoms with van der Waals surface area (Å²) in [6, 6.07) is 3.43. The molecule has 0 aliphatic heterocycles. The monoisotopic (exact) mass is 273 g/mol. The fourth-order valence-corrected chi connectivity index (χ4v) is 2.13. The molecule has 1 rings (SSSR count). The van der Waals surface area contributed by atoms with Gasteiger partial charge in [-0.1, -0.05) is 0 Å². The Morgan fingerprint density at radius 1 is 1.50 bits per heavy atom. The van der Waals surface area contributed by atoms with E-state index in [4.69, 9.17) is 10.2 Å². The molecule has 0 saturated heterocycles. The first-order valence-electron chi connectivity index (χ1n) is 4.89. The van der Waals surface area contributed by atoms with Crippen molar-refractivity contribution in [1.29, 1.82) is 0 Å². The third-order valence-electron chi connectivity index (χ3n) is 2.05. The molecule has 1 atom stereocenters. The number of aliphatic hydroxyl groups excluding tert-OH is 2. The molecular formula is C10H11NO6S. The highest BCUT2D eigenvalue weighted by molar-refractivity contribution is 7.99. The second-order valence-corrected chi connectivity index (χ2v) is 4.45. The van der Waals surface area contributed by atoms with Crippen LogP contribution >= 0.6 is 11.8 Å². The molecule has 0 saturated carbocycles. The van der Waals surface area contributed by atoms with Crippen molar-refractivity contribution in [2.24, 2.45) is 0 Å². The average Bonchev–Trinajstić information content (AvgIpc) is 2.35. The molecule has 1 aromatic carbocycles. The van der Waals surface area contributed by atoms with E-state index in [1.807, 2.05) is 0 Å². The van der Waals surface area contributed by atoms with Gasteiger partial charge in [-0.25, -0.2) is 4.79 Å². The summed E-state index contributed by atoms with van der Waals surface area (Å²) in [4.78, 5) is 21.0. The first-order valence-corrected chi connectivity index (χ1v) is 5.87. The zero-order valence-corrected chi connectivity index (χ0v) is 9.96. The molecule has 0 amide bonds. The van der Waals surface area contributed by atoms with Crippen molar-refractivity contribution < 1.29 is 25.0 Å². The van der Waals surface area contributed by atoms with E-state index in [0.717, 1.165) is 23.9 Å². The van der Waals surface area contributed by atoms with Crippen LogP contribution in [0.15, 0.2) is 23.1 Å². The van der Waals surface area contributed by atoms with Crippen LogP contribution in [0.4, 0.5) is 5.69 Å². The third-order valence-corrected chi connectivity index (χ3v) is 3.23. The first kappa shape index (κ1) is 14.4. The summed E-state index contributed by atoms with van der Waals surface area (Å²) < 4.78 is 0. The zero-order chi connectivity index (χ0) is 13.7. The molecule has 18 heavy (non-hydrogen) atoms. The van der Waals surface area contributed by atoms with Crippen molar-refractivity contribution >= 4 is 23.4 Å².